The van der Waals surface area contributed by atoms with E-state index in [1.54, 1.807) is 0 Å². The van der Waals surface area contributed by atoms with Crippen molar-refractivity contribution in [2.75, 3.05) is 23.8 Å². The van der Waals surface area contributed by atoms with Crippen LogP contribution in [0.25, 0.3) is 22.2 Å². The number of ether oxygens (including phenoxy) is 1. The van der Waals surface area contributed by atoms with Crippen LogP contribution in [0.15, 0.2) is 42.5 Å². The Kier molecular flexibility index (Phi) is 6.40. The minimum Gasteiger partial charge on any atom is -0.494 e. The van der Waals surface area contributed by atoms with Gasteiger partial charge in [0.1, 0.15) is 5.75 Å². The summed E-state index contributed by atoms with van der Waals surface area (Å²) in [7, 11) is 0. The Bertz CT molecular complexity index is 1160. The van der Waals surface area contributed by atoms with Crippen LogP contribution in [0.3, 0.4) is 0 Å². The molecule has 5 rings (SSSR count). The van der Waals surface area contributed by atoms with E-state index in [9.17, 15) is 4.79 Å². The van der Waals surface area contributed by atoms with Gasteiger partial charge in [0, 0.05) is 41.3 Å². The van der Waals surface area contributed by atoms with Gasteiger partial charge in [0.2, 0.25) is 0 Å². The fraction of sp³-hybridized carbons (Fsp3) is 0.464. The summed E-state index contributed by atoms with van der Waals surface area (Å²) in [5.74, 6) is 0.877. The molecule has 2 fully saturated rings. The molecule has 0 saturated heterocycles. The lowest BCUT2D eigenvalue weighted by atomic mass is 9.92. The van der Waals surface area contributed by atoms with E-state index >= 15 is 0 Å². The third kappa shape index (κ3) is 4.10. The van der Waals surface area contributed by atoms with E-state index in [4.69, 9.17) is 10.5 Å². The van der Waals surface area contributed by atoms with Gasteiger partial charge in [-0.2, -0.15) is 0 Å². The maximum absolute atomic E-state index is 12.9. The van der Waals surface area contributed by atoms with Gasteiger partial charge in [-0.1, -0.05) is 25.0 Å². The van der Waals surface area contributed by atoms with E-state index in [0.717, 1.165) is 65.0 Å². The Morgan fingerprint density at radius 2 is 1.79 bits per heavy atom. The van der Waals surface area contributed by atoms with Crippen LogP contribution >= 0.6 is 0 Å². The molecule has 2 aromatic carbocycles. The maximum Gasteiger partial charge on any atom is 0.322 e. The highest BCUT2D eigenvalue weighted by molar-refractivity contribution is 6.02. The molecule has 1 aromatic heterocycles. The van der Waals surface area contributed by atoms with Crippen molar-refractivity contribution < 1.29 is 9.53 Å². The number of urea groups is 1. The van der Waals surface area contributed by atoms with Crippen LogP contribution < -0.4 is 20.7 Å². The van der Waals surface area contributed by atoms with Gasteiger partial charge in [-0.25, -0.2) is 4.79 Å². The molecule has 0 spiro atoms. The zero-order chi connectivity index (χ0) is 23.7. The molecule has 2 amide bonds. The first-order valence-electron chi connectivity index (χ1n) is 12.8. The van der Waals surface area contributed by atoms with Gasteiger partial charge in [0.25, 0.3) is 0 Å². The lowest BCUT2D eigenvalue weighted by Gasteiger charge is -2.30. The molecule has 6 heteroatoms. The lowest BCUT2D eigenvalue weighted by Crippen LogP contribution is -2.44. The van der Waals surface area contributed by atoms with Crippen molar-refractivity contribution >= 4 is 28.3 Å². The number of hydrogen-bond donors (Lipinski definition) is 2. The zero-order valence-electron chi connectivity index (χ0n) is 20.3. The van der Waals surface area contributed by atoms with Gasteiger partial charge in [0.15, 0.2) is 0 Å². The predicted octanol–water partition coefficient (Wildman–Crippen LogP) is 6.49. The Morgan fingerprint density at radius 3 is 2.41 bits per heavy atom. The third-order valence-corrected chi connectivity index (χ3v) is 7.46. The summed E-state index contributed by atoms with van der Waals surface area (Å²) in [6, 6.07) is 15.2. The maximum atomic E-state index is 12.9. The largest absolute Gasteiger partial charge is 0.494 e. The monoisotopic (exact) mass is 460 g/mol. The predicted molar refractivity (Wildman–Crippen MR) is 140 cm³/mol. The first kappa shape index (κ1) is 22.6. The first-order chi connectivity index (χ1) is 16.6. The average Bonchev–Trinajstić information content (AvgIpc) is 3.41. The van der Waals surface area contributed by atoms with Gasteiger partial charge in [-0.15, -0.1) is 0 Å². The number of aromatic nitrogens is 1. The normalized spacial score (nSPS) is 16.5. The van der Waals surface area contributed by atoms with Crippen molar-refractivity contribution in [3.05, 3.63) is 42.5 Å². The molecular weight excluding hydrogens is 424 g/mol. The smallest absolute Gasteiger partial charge is 0.322 e. The van der Waals surface area contributed by atoms with Crippen molar-refractivity contribution in [1.82, 2.24) is 9.88 Å². The number of rotatable bonds is 7. The third-order valence-electron chi connectivity index (χ3n) is 7.46. The van der Waals surface area contributed by atoms with Crippen LogP contribution in [0.4, 0.5) is 16.2 Å². The van der Waals surface area contributed by atoms with Crippen molar-refractivity contribution in [2.24, 2.45) is 0 Å². The molecule has 180 valence electrons. The van der Waals surface area contributed by atoms with E-state index < -0.39 is 0 Å². The highest BCUT2D eigenvalue weighted by Gasteiger charge is 2.27. The van der Waals surface area contributed by atoms with Gasteiger partial charge in [-0.3, -0.25) is 4.90 Å². The van der Waals surface area contributed by atoms with Gasteiger partial charge in [-0.05, 0) is 70.2 Å². The molecule has 0 bridgehead atoms. The van der Waals surface area contributed by atoms with Crippen LogP contribution in [0.1, 0.15) is 64.8 Å². The zero-order valence-corrected chi connectivity index (χ0v) is 20.3. The molecule has 3 aromatic rings. The molecule has 0 radical (unpaired) electrons. The van der Waals surface area contributed by atoms with Crippen molar-refractivity contribution in [1.29, 1.82) is 0 Å². The average molecular weight is 461 g/mol. The van der Waals surface area contributed by atoms with Crippen LogP contribution in [0, 0.1) is 0 Å². The quantitative estimate of drug-likeness (QED) is 0.423. The molecule has 3 N–H and O–H groups in total. The van der Waals surface area contributed by atoms with Crippen molar-refractivity contribution in [3.8, 4) is 17.0 Å². The summed E-state index contributed by atoms with van der Waals surface area (Å²) in [6.07, 6.45) is 8.14. The lowest BCUT2D eigenvalue weighted by molar-refractivity contribution is 0.243. The van der Waals surface area contributed by atoms with E-state index in [1.165, 1.54) is 19.3 Å². The Morgan fingerprint density at radius 1 is 1.06 bits per heavy atom. The van der Waals surface area contributed by atoms with Crippen molar-refractivity contribution in [3.63, 3.8) is 0 Å². The van der Waals surface area contributed by atoms with Crippen LogP contribution in [0.2, 0.25) is 0 Å². The van der Waals surface area contributed by atoms with Crippen molar-refractivity contribution in [2.45, 2.75) is 70.9 Å². The highest BCUT2D eigenvalue weighted by Crippen LogP contribution is 2.45. The van der Waals surface area contributed by atoms with Crippen LogP contribution in [0.5, 0.6) is 5.75 Å². The minimum atomic E-state index is -0.00583. The number of benzene rings is 2. The van der Waals surface area contributed by atoms with Gasteiger partial charge >= 0.3 is 6.03 Å². The summed E-state index contributed by atoms with van der Waals surface area (Å²) in [6.45, 7) is 5.29. The number of fused-ring (bicyclic) bond motifs is 1. The fourth-order valence-corrected chi connectivity index (χ4v) is 5.46. The minimum absolute atomic E-state index is 0.00583. The highest BCUT2D eigenvalue weighted by atomic mass is 16.5. The van der Waals surface area contributed by atoms with Crippen LogP contribution in [-0.2, 0) is 0 Å². The number of nitrogens with zero attached hydrogens (tertiary/aromatic N) is 2. The van der Waals surface area contributed by atoms with E-state index in [0.29, 0.717) is 25.2 Å². The number of carbonyl (C=O) groups is 1. The van der Waals surface area contributed by atoms with Gasteiger partial charge in [0.05, 0.1) is 23.5 Å². The molecule has 2 aliphatic rings. The Labute approximate surface area is 202 Å². The van der Waals surface area contributed by atoms with E-state index in [1.807, 2.05) is 36.9 Å². The number of nitrogens with one attached hydrogen (secondary N) is 1. The number of carbonyl (C=O) groups excluding carboxylic acids is 1. The molecule has 2 saturated carbocycles. The molecule has 0 unspecified atom stereocenters. The molecule has 0 aliphatic heterocycles. The summed E-state index contributed by atoms with van der Waals surface area (Å²) < 4.78 is 8.19. The fourth-order valence-electron chi connectivity index (χ4n) is 5.46. The van der Waals surface area contributed by atoms with E-state index in [-0.39, 0.29) is 6.03 Å². The molecule has 0 atom stereocenters. The van der Waals surface area contributed by atoms with Gasteiger partial charge < -0.3 is 20.4 Å². The summed E-state index contributed by atoms with van der Waals surface area (Å²) in [5.41, 5.74) is 11.7. The standard InChI is InChI=1S/C28H36N4O2/c1-3-31(28(33)30-20-8-5-6-9-20)21-14-12-19(13-15-21)27-26(29)24-17-16-23(34-4-2)18-25(24)32(27)22-10-7-11-22/h12-18,20,22H,3-11,29H2,1-2H3,(H,30,33). The first-order valence-corrected chi connectivity index (χ1v) is 12.8. The Hall–Kier alpha value is -3.15. The number of nitrogen functional groups attached to an aromatic ring is 1. The molecule has 1 heterocycles. The van der Waals surface area contributed by atoms with Crippen LogP contribution in [-0.4, -0.2) is 29.8 Å². The second kappa shape index (κ2) is 9.61. The molecule has 2 aliphatic carbocycles. The summed E-state index contributed by atoms with van der Waals surface area (Å²) in [4.78, 5) is 14.7. The second-order valence-corrected chi connectivity index (χ2v) is 9.55. The molecular formula is C28H36N4O2. The number of hydrogen-bond acceptors (Lipinski definition) is 3. The summed E-state index contributed by atoms with van der Waals surface area (Å²) >= 11 is 0. The summed E-state index contributed by atoms with van der Waals surface area (Å²) in [5, 5.41) is 4.28. The SMILES string of the molecule is CCOc1ccc2c(N)c(-c3ccc(N(CC)C(=O)NC4CCCC4)cc3)n(C3CCC3)c2c1. The van der Waals surface area contributed by atoms with E-state index in [2.05, 4.69) is 34.1 Å². The number of anilines is 2. The number of nitrogens with two attached hydrogens (primary N) is 1. The molecule has 6 nitrogen and oxygen atoms in total. The second-order valence-electron chi connectivity index (χ2n) is 9.55. The Balaban J connectivity index is 1.48. The topological polar surface area (TPSA) is 72.5 Å². The number of amides is 2. The molecule has 34 heavy (non-hydrogen) atoms.